The molecule has 1 aliphatic rings. The summed E-state index contributed by atoms with van der Waals surface area (Å²) in [6, 6.07) is 6.29. The summed E-state index contributed by atoms with van der Waals surface area (Å²) in [5.74, 6) is 0.769. The molecule has 0 saturated carbocycles. The Balaban J connectivity index is 1.98. The number of para-hydroxylation sites is 1. The van der Waals surface area contributed by atoms with Crippen molar-refractivity contribution in [2.45, 2.75) is 58.5 Å². The fourth-order valence-corrected chi connectivity index (χ4v) is 3.03. The molecule has 1 fully saturated rings. The molecule has 0 bridgehead atoms. The summed E-state index contributed by atoms with van der Waals surface area (Å²) in [7, 11) is 0. The highest BCUT2D eigenvalue weighted by Crippen LogP contribution is 2.32. The first-order chi connectivity index (χ1) is 11.0. The lowest BCUT2D eigenvalue weighted by Gasteiger charge is -2.20. The third-order valence-electron chi connectivity index (χ3n) is 4.32. The first kappa shape index (κ1) is 18.0. The van der Waals surface area contributed by atoms with Crippen LogP contribution in [-0.2, 0) is 9.53 Å². The average molecular weight is 318 g/mol. The van der Waals surface area contributed by atoms with Crippen LogP contribution in [0.4, 0.5) is 5.69 Å². The lowest BCUT2D eigenvalue weighted by Crippen LogP contribution is -2.34. The Morgan fingerprint density at radius 2 is 1.87 bits per heavy atom. The summed E-state index contributed by atoms with van der Waals surface area (Å²) >= 11 is 0. The minimum Gasteiger partial charge on any atom is -0.377 e. The Hall–Kier alpha value is -1.39. The molecule has 1 amide bonds. The van der Waals surface area contributed by atoms with Crippen molar-refractivity contribution < 1.29 is 9.53 Å². The van der Waals surface area contributed by atoms with E-state index in [0.29, 0.717) is 18.4 Å². The molecular formula is C19H30N2O2. The molecule has 1 heterocycles. The van der Waals surface area contributed by atoms with Crippen LogP contribution in [0.5, 0.6) is 0 Å². The summed E-state index contributed by atoms with van der Waals surface area (Å²) in [6.07, 6.45) is 2.47. The molecule has 0 spiro atoms. The maximum absolute atomic E-state index is 12.3. The van der Waals surface area contributed by atoms with Gasteiger partial charge in [-0.1, -0.05) is 45.9 Å². The molecule has 0 aliphatic carbocycles. The van der Waals surface area contributed by atoms with E-state index < -0.39 is 0 Å². The Morgan fingerprint density at radius 1 is 1.22 bits per heavy atom. The van der Waals surface area contributed by atoms with Gasteiger partial charge in [0.15, 0.2) is 0 Å². The number of carbonyl (C=O) groups excluding carboxylic acids is 1. The van der Waals surface area contributed by atoms with Gasteiger partial charge in [-0.3, -0.25) is 4.79 Å². The van der Waals surface area contributed by atoms with Gasteiger partial charge >= 0.3 is 0 Å². The molecule has 1 unspecified atom stereocenters. The number of carbonyl (C=O) groups is 1. The van der Waals surface area contributed by atoms with Crippen LogP contribution >= 0.6 is 0 Å². The molecule has 4 nitrogen and oxygen atoms in total. The van der Waals surface area contributed by atoms with Crippen molar-refractivity contribution in [1.82, 2.24) is 5.32 Å². The van der Waals surface area contributed by atoms with Gasteiger partial charge in [-0.15, -0.1) is 0 Å². The molecule has 2 rings (SSSR count). The third-order valence-corrected chi connectivity index (χ3v) is 4.32. The summed E-state index contributed by atoms with van der Waals surface area (Å²) < 4.78 is 5.56. The Labute approximate surface area is 140 Å². The zero-order chi connectivity index (χ0) is 16.8. The average Bonchev–Trinajstić information content (AvgIpc) is 3.00. The lowest BCUT2D eigenvalue weighted by atomic mass is 9.92. The largest absolute Gasteiger partial charge is 0.377 e. The second-order valence-corrected chi connectivity index (χ2v) is 6.93. The van der Waals surface area contributed by atoms with Gasteiger partial charge in [0, 0.05) is 18.8 Å². The number of benzene rings is 1. The smallest absolute Gasteiger partial charge is 0.238 e. The minimum atomic E-state index is 0.0120. The zero-order valence-corrected chi connectivity index (χ0v) is 14.8. The van der Waals surface area contributed by atoms with Crippen LogP contribution in [-0.4, -0.2) is 31.7 Å². The van der Waals surface area contributed by atoms with Crippen LogP contribution < -0.4 is 10.6 Å². The van der Waals surface area contributed by atoms with E-state index in [0.717, 1.165) is 31.7 Å². The number of hydrogen-bond acceptors (Lipinski definition) is 3. The van der Waals surface area contributed by atoms with Crippen molar-refractivity contribution >= 4 is 11.6 Å². The van der Waals surface area contributed by atoms with Crippen LogP contribution in [0.25, 0.3) is 0 Å². The normalized spacial score (nSPS) is 17.9. The summed E-state index contributed by atoms with van der Waals surface area (Å²) in [5.41, 5.74) is 3.38. The monoisotopic (exact) mass is 318 g/mol. The molecule has 1 saturated heterocycles. The number of amides is 1. The van der Waals surface area contributed by atoms with E-state index >= 15 is 0 Å². The second kappa shape index (κ2) is 8.46. The molecule has 4 heteroatoms. The van der Waals surface area contributed by atoms with Gasteiger partial charge in [0.2, 0.25) is 5.91 Å². The SMILES string of the molecule is CC(C)c1cccc(C(C)C)c1NC(=O)CNCC1CCCO1. The molecular weight excluding hydrogens is 288 g/mol. The van der Waals surface area contributed by atoms with Crippen LogP contribution in [0.1, 0.15) is 63.5 Å². The number of ether oxygens (including phenoxy) is 1. The van der Waals surface area contributed by atoms with Crippen molar-refractivity contribution in [1.29, 1.82) is 0 Å². The van der Waals surface area contributed by atoms with Gasteiger partial charge in [-0.25, -0.2) is 0 Å². The quantitative estimate of drug-likeness (QED) is 0.807. The Bertz CT molecular complexity index is 494. The van der Waals surface area contributed by atoms with Crippen LogP contribution in [0.15, 0.2) is 18.2 Å². The van der Waals surface area contributed by atoms with Crippen molar-refractivity contribution in [3.05, 3.63) is 29.3 Å². The molecule has 0 aromatic heterocycles. The summed E-state index contributed by atoms with van der Waals surface area (Å²) in [5, 5.41) is 6.33. The van der Waals surface area contributed by atoms with Crippen molar-refractivity contribution in [2.75, 3.05) is 25.0 Å². The highest BCUT2D eigenvalue weighted by molar-refractivity contribution is 5.94. The highest BCUT2D eigenvalue weighted by atomic mass is 16.5. The van der Waals surface area contributed by atoms with Crippen molar-refractivity contribution in [3.63, 3.8) is 0 Å². The molecule has 0 radical (unpaired) electrons. The van der Waals surface area contributed by atoms with E-state index in [4.69, 9.17) is 4.74 Å². The summed E-state index contributed by atoms with van der Waals surface area (Å²) in [4.78, 5) is 12.3. The molecule has 2 N–H and O–H groups in total. The van der Waals surface area contributed by atoms with Gasteiger partial charge in [0.25, 0.3) is 0 Å². The van der Waals surface area contributed by atoms with Crippen LogP contribution in [0, 0.1) is 0 Å². The second-order valence-electron chi connectivity index (χ2n) is 6.93. The molecule has 1 aromatic rings. The van der Waals surface area contributed by atoms with E-state index in [1.807, 2.05) is 0 Å². The van der Waals surface area contributed by atoms with Crippen molar-refractivity contribution in [3.8, 4) is 0 Å². The predicted octanol–water partition coefficient (Wildman–Crippen LogP) is 3.64. The molecule has 1 atom stereocenters. The standard InChI is InChI=1S/C19H30N2O2/c1-13(2)16-8-5-9-17(14(3)4)19(16)21-18(22)12-20-11-15-7-6-10-23-15/h5,8-9,13-15,20H,6-7,10-12H2,1-4H3,(H,21,22). The number of hydrogen-bond donors (Lipinski definition) is 2. The molecule has 1 aliphatic heterocycles. The minimum absolute atomic E-state index is 0.0120. The van der Waals surface area contributed by atoms with Crippen molar-refractivity contribution in [2.24, 2.45) is 0 Å². The van der Waals surface area contributed by atoms with E-state index in [1.54, 1.807) is 0 Å². The molecule has 23 heavy (non-hydrogen) atoms. The van der Waals surface area contributed by atoms with E-state index in [-0.39, 0.29) is 12.0 Å². The first-order valence-electron chi connectivity index (χ1n) is 8.74. The van der Waals surface area contributed by atoms with Gasteiger partial charge in [0.1, 0.15) is 0 Å². The van der Waals surface area contributed by atoms with Crippen LogP contribution in [0.3, 0.4) is 0 Å². The lowest BCUT2D eigenvalue weighted by molar-refractivity contribution is -0.115. The predicted molar refractivity (Wildman–Crippen MR) is 95.1 cm³/mol. The number of rotatable bonds is 7. The Morgan fingerprint density at radius 3 is 2.39 bits per heavy atom. The van der Waals surface area contributed by atoms with E-state index in [9.17, 15) is 4.79 Å². The first-order valence-corrected chi connectivity index (χ1v) is 8.74. The van der Waals surface area contributed by atoms with E-state index in [2.05, 4.69) is 56.5 Å². The fraction of sp³-hybridized carbons (Fsp3) is 0.632. The fourth-order valence-electron chi connectivity index (χ4n) is 3.03. The van der Waals surface area contributed by atoms with Crippen LogP contribution in [0.2, 0.25) is 0 Å². The number of nitrogens with one attached hydrogen (secondary N) is 2. The maximum Gasteiger partial charge on any atom is 0.238 e. The topological polar surface area (TPSA) is 50.4 Å². The third kappa shape index (κ3) is 5.05. The van der Waals surface area contributed by atoms with E-state index in [1.165, 1.54) is 11.1 Å². The van der Waals surface area contributed by atoms with Gasteiger partial charge in [-0.05, 0) is 35.8 Å². The highest BCUT2D eigenvalue weighted by Gasteiger charge is 2.17. The van der Waals surface area contributed by atoms with Gasteiger partial charge in [-0.2, -0.15) is 0 Å². The maximum atomic E-state index is 12.3. The molecule has 1 aromatic carbocycles. The number of anilines is 1. The Kier molecular flexibility index (Phi) is 6.60. The summed E-state index contributed by atoms with van der Waals surface area (Å²) in [6.45, 7) is 10.5. The van der Waals surface area contributed by atoms with Gasteiger partial charge < -0.3 is 15.4 Å². The zero-order valence-electron chi connectivity index (χ0n) is 14.8. The molecule has 128 valence electrons. The van der Waals surface area contributed by atoms with Gasteiger partial charge in [0.05, 0.1) is 12.6 Å².